The summed E-state index contributed by atoms with van der Waals surface area (Å²) < 4.78 is 2.42. The van der Waals surface area contributed by atoms with Gasteiger partial charge in [0.2, 0.25) is 0 Å². The van der Waals surface area contributed by atoms with Gasteiger partial charge in [0.25, 0.3) is 6.71 Å². The van der Waals surface area contributed by atoms with Crippen molar-refractivity contribution < 1.29 is 0 Å². The Morgan fingerprint density at radius 2 is 0.630 bits per heavy atom. The molecule has 0 saturated heterocycles. The number of para-hydroxylation sites is 4. The second-order valence-electron chi connectivity index (χ2n) is 25.7. The molecule has 7 nitrogen and oxygen atoms in total. The molecule has 0 atom stereocenters. The summed E-state index contributed by atoms with van der Waals surface area (Å²) in [5.74, 6) is 1.20. The molecule has 0 amide bonds. The molecule has 0 bridgehead atoms. The molecule has 0 aliphatic carbocycles. The third-order valence-electron chi connectivity index (χ3n) is 19.8. The first-order chi connectivity index (χ1) is 49.6. The van der Waals surface area contributed by atoms with Crippen LogP contribution in [-0.4, -0.2) is 31.2 Å². The molecular formula is C92H60BN7. The molecule has 17 aromatic rings. The lowest BCUT2D eigenvalue weighted by Crippen LogP contribution is -2.61. The van der Waals surface area contributed by atoms with E-state index in [2.05, 4.69) is 354 Å². The minimum atomic E-state index is -0.0492. The van der Waals surface area contributed by atoms with Gasteiger partial charge in [-0.15, -0.1) is 0 Å². The predicted molar refractivity (Wildman–Crippen MR) is 415 cm³/mol. The molecule has 14 aromatic carbocycles. The Balaban J connectivity index is 0.853. The third-order valence-corrected chi connectivity index (χ3v) is 19.8. The van der Waals surface area contributed by atoms with Gasteiger partial charge in [0.05, 0.1) is 45.2 Å². The zero-order valence-corrected chi connectivity index (χ0v) is 54.3. The lowest BCUT2D eigenvalue weighted by molar-refractivity contribution is 1.13. The molecule has 3 aromatic heterocycles. The molecule has 19 rings (SSSR count). The van der Waals surface area contributed by atoms with Crippen molar-refractivity contribution in [2.45, 2.75) is 0 Å². The topological polar surface area (TPSA) is 63.0 Å². The summed E-state index contributed by atoms with van der Waals surface area (Å²) in [5.41, 5.74) is 29.1. The number of fused-ring (bicyclic) bond motifs is 7. The van der Waals surface area contributed by atoms with Gasteiger partial charge in [-0.05, 0) is 141 Å². The highest BCUT2D eigenvalue weighted by atomic mass is 15.2. The average Bonchev–Trinajstić information content (AvgIpc) is 0.732. The summed E-state index contributed by atoms with van der Waals surface area (Å²) in [5, 5.41) is 2.27. The predicted octanol–water partition coefficient (Wildman–Crippen LogP) is 21.4. The van der Waals surface area contributed by atoms with Gasteiger partial charge in [0.1, 0.15) is 0 Å². The molecule has 0 unspecified atom stereocenters. The summed E-state index contributed by atoms with van der Waals surface area (Å²) in [6, 6.07) is 131. The van der Waals surface area contributed by atoms with Gasteiger partial charge in [0, 0.05) is 78.2 Å². The van der Waals surface area contributed by atoms with Crippen LogP contribution in [0, 0.1) is 0 Å². The Bertz CT molecular complexity index is 5810. The molecule has 2 aliphatic heterocycles. The third kappa shape index (κ3) is 10.1. The van der Waals surface area contributed by atoms with Crippen molar-refractivity contribution in [3.8, 4) is 107 Å². The number of hydrogen-bond acceptors (Lipinski definition) is 6. The fourth-order valence-electron chi connectivity index (χ4n) is 15.2. The van der Waals surface area contributed by atoms with Crippen molar-refractivity contribution in [1.29, 1.82) is 0 Å². The van der Waals surface area contributed by atoms with Crippen molar-refractivity contribution in [2.75, 3.05) is 9.80 Å². The Morgan fingerprint density at radius 3 is 1.17 bits per heavy atom. The quantitative estimate of drug-likeness (QED) is 0.114. The van der Waals surface area contributed by atoms with Gasteiger partial charge in [-0.1, -0.05) is 267 Å². The van der Waals surface area contributed by atoms with E-state index in [1.54, 1.807) is 0 Å². The lowest BCUT2D eigenvalue weighted by Gasteiger charge is -2.45. The number of aromatic nitrogens is 5. The average molecular weight is 1270 g/mol. The maximum Gasteiger partial charge on any atom is 0.252 e. The molecule has 100 heavy (non-hydrogen) atoms. The fourth-order valence-corrected chi connectivity index (χ4v) is 15.2. The zero-order valence-electron chi connectivity index (χ0n) is 54.3. The van der Waals surface area contributed by atoms with E-state index in [-0.39, 0.29) is 6.71 Å². The summed E-state index contributed by atoms with van der Waals surface area (Å²) in [6.45, 7) is -0.0492. The van der Waals surface area contributed by atoms with E-state index in [4.69, 9.17) is 19.9 Å². The SMILES string of the molecule is c1ccc(-c2ccc3c(c2)c2cc(-c4ccccc4)ccc2n3-c2ccc(-c3cc(-c4ccccc4)nc(-c4ccccc4)n3)cc2-c2nc(-c3ccccc3)cc(-c3cccc(-c4ccc5c6c4N(c4ccccc4)c4ccccc4B6c4ccccc4N5c4ccccc4)c3)n2)cc1. The van der Waals surface area contributed by atoms with Gasteiger partial charge in [-0.2, -0.15) is 0 Å². The Morgan fingerprint density at radius 1 is 0.230 bits per heavy atom. The second-order valence-corrected chi connectivity index (χ2v) is 25.7. The molecule has 0 N–H and O–H groups in total. The fraction of sp³-hybridized carbons (Fsp3) is 0. The van der Waals surface area contributed by atoms with E-state index < -0.39 is 0 Å². The van der Waals surface area contributed by atoms with E-state index in [1.165, 1.54) is 22.1 Å². The molecule has 2 aliphatic rings. The molecule has 8 heteroatoms. The smallest absolute Gasteiger partial charge is 0.252 e. The van der Waals surface area contributed by atoms with Crippen molar-refractivity contribution in [3.05, 3.63) is 364 Å². The Labute approximate surface area is 580 Å². The summed E-state index contributed by atoms with van der Waals surface area (Å²) in [6.07, 6.45) is 0. The number of nitrogens with zero attached hydrogens (tertiary/aromatic N) is 7. The maximum absolute atomic E-state index is 5.86. The summed E-state index contributed by atoms with van der Waals surface area (Å²) in [4.78, 5) is 27.2. The van der Waals surface area contributed by atoms with Crippen LogP contribution in [0.5, 0.6) is 0 Å². The van der Waals surface area contributed by atoms with Crippen molar-refractivity contribution in [3.63, 3.8) is 0 Å². The highest BCUT2D eigenvalue weighted by molar-refractivity contribution is 7.00. The monoisotopic (exact) mass is 1270 g/mol. The lowest BCUT2D eigenvalue weighted by atomic mass is 9.33. The van der Waals surface area contributed by atoms with E-state index >= 15 is 0 Å². The summed E-state index contributed by atoms with van der Waals surface area (Å²) >= 11 is 0. The van der Waals surface area contributed by atoms with Crippen LogP contribution in [0.15, 0.2) is 364 Å². The maximum atomic E-state index is 5.86. The summed E-state index contributed by atoms with van der Waals surface area (Å²) in [7, 11) is 0. The first kappa shape index (κ1) is 58.1. The van der Waals surface area contributed by atoms with Crippen molar-refractivity contribution in [2.24, 2.45) is 0 Å². The van der Waals surface area contributed by atoms with Crippen LogP contribution >= 0.6 is 0 Å². The molecular weight excluding hydrogens is 1210 g/mol. The van der Waals surface area contributed by atoms with E-state index in [1.807, 2.05) is 24.3 Å². The van der Waals surface area contributed by atoms with Crippen LogP contribution in [0.4, 0.5) is 34.1 Å². The van der Waals surface area contributed by atoms with Crippen LogP contribution in [-0.2, 0) is 0 Å². The molecule has 5 heterocycles. The molecule has 0 saturated carbocycles. The largest absolute Gasteiger partial charge is 0.311 e. The van der Waals surface area contributed by atoms with Gasteiger partial charge < -0.3 is 14.4 Å². The van der Waals surface area contributed by atoms with Crippen LogP contribution in [0.1, 0.15) is 0 Å². The van der Waals surface area contributed by atoms with E-state index in [9.17, 15) is 0 Å². The van der Waals surface area contributed by atoms with Crippen LogP contribution in [0.25, 0.3) is 129 Å². The normalized spacial score (nSPS) is 12.1. The van der Waals surface area contributed by atoms with Crippen LogP contribution in [0.3, 0.4) is 0 Å². The van der Waals surface area contributed by atoms with Crippen molar-refractivity contribution >= 4 is 79.0 Å². The highest BCUT2D eigenvalue weighted by Gasteiger charge is 2.44. The number of anilines is 6. The standard InChI is InChI=1S/C92H60BN7/c1-8-27-61(28-9-1)66-47-51-83-74(56-66)75-57-67(62-29-10-2-11-30-62)48-52-84(75)100(83)85-53-49-70(82-59-79(63-31-12-3-13-32-63)94-91(95-82)65-35-16-5-17-36-65)58-76(85)92-96-80(64-33-14-4-15-34-64)60-81(97-92)69-38-26-37-68(55-69)73-50-54-88-89-90(73)99(72-41-20-7-21-42-72)87-46-25-23-44-78(87)93(89)77-43-22-24-45-86(77)98(88)71-39-18-6-19-40-71/h1-60H. The first-order valence-corrected chi connectivity index (χ1v) is 34.0. The first-order valence-electron chi connectivity index (χ1n) is 34.0. The number of hydrogen-bond donors (Lipinski definition) is 0. The second kappa shape index (κ2) is 24.4. The minimum Gasteiger partial charge on any atom is -0.311 e. The Hall–Kier alpha value is -13.3. The van der Waals surface area contributed by atoms with Crippen LogP contribution in [0.2, 0.25) is 0 Å². The van der Waals surface area contributed by atoms with Gasteiger partial charge >= 0.3 is 0 Å². The Kier molecular flexibility index (Phi) is 14.2. The van der Waals surface area contributed by atoms with Gasteiger partial charge in [0.15, 0.2) is 11.6 Å². The highest BCUT2D eigenvalue weighted by Crippen LogP contribution is 2.49. The van der Waals surface area contributed by atoms with Gasteiger partial charge in [-0.3, -0.25) is 0 Å². The van der Waals surface area contributed by atoms with E-state index in [0.29, 0.717) is 11.6 Å². The minimum absolute atomic E-state index is 0.0492. The molecule has 0 radical (unpaired) electrons. The zero-order chi connectivity index (χ0) is 66.0. The van der Waals surface area contributed by atoms with Crippen LogP contribution < -0.4 is 26.2 Å². The molecule has 0 fully saturated rings. The number of benzene rings is 14. The molecule has 0 spiro atoms. The van der Waals surface area contributed by atoms with Gasteiger partial charge in [-0.25, -0.2) is 19.9 Å². The van der Waals surface area contributed by atoms with E-state index in [0.717, 1.165) is 145 Å². The van der Waals surface area contributed by atoms with Crippen molar-refractivity contribution in [1.82, 2.24) is 24.5 Å². The molecule has 466 valence electrons. The number of rotatable bonds is 12.